The molecule has 1 N–H and O–H groups in total. The van der Waals surface area contributed by atoms with Gasteiger partial charge in [-0.3, -0.25) is 0 Å². The number of ether oxygens (including phenoxy) is 2. The Labute approximate surface area is 122 Å². The van der Waals surface area contributed by atoms with E-state index < -0.39 is 0 Å². The van der Waals surface area contributed by atoms with Crippen molar-refractivity contribution in [2.24, 2.45) is 0 Å². The van der Waals surface area contributed by atoms with Gasteiger partial charge in [0.05, 0.1) is 6.10 Å². The van der Waals surface area contributed by atoms with Crippen LogP contribution in [0.4, 0.5) is 0 Å². The minimum absolute atomic E-state index is 0.372. The predicted molar refractivity (Wildman–Crippen MR) is 82.2 cm³/mol. The van der Waals surface area contributed by atoms with Crippen LogP contribution in [0.3, 0.4) is 0 Å². The summed E-state index contributed by atoms with van der Waals surface area (Å²) in [5.41, 5.74) is 1.32. The van der Waals surface area contributed by atoms with Crippen LogP contribution in [-0.2, 0) is 4.74 Å². The summed E-state index contributed by atoms with van der Waals surface area (Å²) >= 11 is 0. The van der Waals surface area contributed by atoms with E-state index in [0.29, 0.717) is 12.1 Å². The Kier molecular flexibility index (Phi) is 6.34. The fourth-order valence-electron chi connectivity index (χ4n) is 2.21. The van der Waals surface area contributed by atoms with Crippen LogP contribution in [0.2, 0.25) is 0 Å². The maximum atomic E-state index is 5.79. The SMILES string of the molecule is CCCNC(CCOCC)c1ccc(OC2CC2)cc1. The van der Waals surface area contributed by atoms with Crippen molar-refractivity contribution in [1.82, 2.24) is 5.32 Å². The maximum Gasteiger partial charge on any atom is 0.119 e. The summed E-state index contributed by atoms with van der Waals surface area (Å²) in [6, 6.07) is 8.91. The van der Waals surface area contributed by atoms with Crippen LogP contribution in [0.1, 0.15) is 51.1 Å². The van der Waals surface area contributed by atoms with Gasteiger partial charge in [-0.25, -0.2) is 0 Å². The largest absolute Gasteiger partial charge is 0.490 e. The molecular formula is C17H27NO2. The van der Waals surface area contributed by atoms with Crippen molar-refractivity contribution < 1.29 is 9.47 Å². The highest BCUT2D eigenvalue weighted by molar-refractivity contribution is 5.29. The van der Waals surface area contributed by atoms with Crippen molar-refractivity contribution in [3.05, 3.63) is 29.8 Å². The molecule has 0 radical (unpaired) electrons. The van der Waals surface area contributed by atoms with E-state index in [4.69, 9.17) is 9.47 Å². The molecule has 1 atom stereocenters. The zero-order valence-electron chi connectivity index (χ0n) is 12.7. The monoisotopic (exact) mass is 277 g/mol. The van der Waals surface area contributed by atoms with E-state index in [9.17, 15) is 0 Å². The van der Waals surface area contributed by atoms with Crippen molar-refractivity contribution in [2.45, 2.75) is 51.7 Å². The number of nitrogens with one attached hydrogen (secondary N) is 1. The van der Waals surface area contributed by atoms with E-state index in [1.54, 1.807) is 0 Å². The van der Waals surface area contributed by atoms with Gasteiger partial charge in [-0.2, -0.15) is 0 Å². The van der Waals surface area contributed by atoms with Gasteiger partial charge in [0.15, 0.2) is 0 Å². The third-order valence-corrected chi connectivity index (χ3v) is 3.51. The lowest BCUT2D eigenvalue weighted by Crippen LogP contribution is -2.23. The highest BCUT2D eigenvalue weighted by Gasteiger charge is 2.23. The van der Waals surface area contributed by atoms with Gasteiger partial charge in [0.2, 0.25) is 0 Å². The van der Waals surface area contributed by atoms with Crippen LogP contribution in [0.5, 0.6) is 5.75 Å². The highest BCUT2D eigenvalue weighted by Crippen LogP contribution is 2.28. The minimum atomic E-state index is 0.372. The van der Waals surface area contributed by atoms with Gasteiger partial charge in [0.1, 0.15) is 5.75 Å². The van der Waals surface area contributed by atoms with Crippen LogP contribution in [-0.4, -0.2) is 25.9 Å². The molecule has 1 aromatic carbocycles. The van der Waals surface area contributed by atoms with E-state index in [1.165, 1.54) is 18.4 Å². The smallest absolute Gasteiger partial charge is 0.119 e. The molecule has 0 spiro atoms. The zero-order valence-corrected chi connectivity index (χ0v) is 12.7. The Hall–Kier alpha value is -1.06. The normalized spacial score (nSPS) is 16.1. The second-order valence-electron chi connectivity index (χ2n) is 5.38. The first-order chi connectivity index (χ1) is 9.83. The summed E-state index contributed by atoms with van der Waals surface area (Å²) in [7, 11) is 0. The van der Waals surface area contributed by atoms with Gasteiger partial charge in [-0.15, -0.1) is 0 Å². The van der Waals surface area contributed by atoms with Crippen LogP contribution in [0, 0.1) is 0 Å². The zero-order chi connectivity index (χ0) is 14.2. The van der Waals surface area contributed by atoms with Gasteiger partial charge in [0, 0.05) is 19.3 Å². The molecule has 0 aliphatic heterocycles. The first-order valence-corrected chi connectivity index (χ1v) is 7.91. The average molecular weight is 277 g/mol. The molecular weight excluding hydrogens is 250 g/mol. The summed E-state index contributed by atoms with van der Waals surface area (Å²) < 4.78 is 11.3. The number of hydrogen-bond donors (Lipinski definition) is 1. The summed E-state index contributed by atoms with van der Waals surface area (Å²) in [6.45, 7) is 6.86. The van der Waals surface area contributed by atoms with Crippen molar-refractivity contribution in [3.63, 3.8) is 0 Å². The fourth-order valence-corrected chi connectivity index (χ4v) is 2.21. The molecule has 0 amide bonds. The molecule has 0 heterocycles. The molecule has 0 saturated heterocycles. The Morgan fingerprint density at radius 3 is 2.55 bits per heavy atom. The second kappa shape index (κ2) is 8.28. The topological polar surface area (TPSA) is 30.5 Å². The number of hydrogen-bond acceptors (Lipinski definition) is 3. The van der Waals surface area contributed by atoms with Crippen LogP contribution >= 0.6 is 0 Å². The van der Waals surface area contributed by atoms with Crippen molar-refractivity contribution >= 4 is 0 Å². The lowest BCUT2D eigenvalue weighted by Gasteiger charge is -2.19. The predicted octanol–water partition coefficient (Wildman–Crippen LogP) is 3.70. The van der Waals surface area contributed by atoms with Gasteiger partial charge in [0.25, 0.3) is 0 Å². The lowest BCUT2D eigenvalue weighted by atomic mass is 10.0. The van der Waals surface area contributed by atoms with Crippen LogP contribution < -0.4 is 10.1 Å². The summed E-state index contributed by atoms with van der Waals surface area (Å²) in [4.78, 5) is 0. The molecule has 0 bridgehead atoms. The fraction of sp³-hybridized carbons (Fsp3) is 0.647. The van der Waals surface area contributed by atoms with Gasteiger partial charge >= 0.3 is 0 Å². The molecule has 112 valence electrons. The molecule has 1 aliphatic rings. The molecule has 1 fully saturated rings. The Bertz CT molecular complexity index is 373. The molecule has 1 saturated carbocycles. The second-order valence-corrected chi connectivity index (χ2v) is 5.38. The van der Waals surface area contributed by atoms with Gasteiger partial charge in [-0.05, 0) is 56.8 Å². The van der Waals surface area contributed by atoms with Gasteiger partial charge < -0.3 is 14.8 Å². The van der Waals surface area contributed by atoms with Crippen molar-refractivity contribution in [3.8, 4) is 5.75 Å². The molecule has 1 unspecified atom stereocenters. The molecule has 2 rings (SSSR count). The molecule has 3 heteroatoms. The minimum Gasteiger partial charge on any atom is -0.490 e. The summed E-state index contributed by atoms with van der Waals surface area (Å²) in [6.07, 6.45) is 5.03. The third-order valence-electron chi connectivity index (χ3n) is 3.51. The third kappa shape index (κ3) is 5.14. The van der Waals surface area contributed by atoms with E-state index in [2.05, 4.69) is 36.5 Å². The molecule has 3 nitrogen and oxygen atoms in total. The van der Waals surface area contributed by atoms with E-state index in [-0.39, 0.29) is 0 Å². The van der Waals surface area contributed by atoms with Crippen LogP contribution in [0.25, 0.3) is 0 Å². The average Bonchev–Trinajstić information content (AvgIpc) is 3.28. The Balaban J connectivity index is 1.90. The number of rotatable bonds is 10. The van der Waals surface area contributed by atoms with Crippen molar-refractivity contribution in [1.29, 1.82) is 0 Å². The maximum absolute atomic E-state index is 5.79. The Morgan fingerprint density at radius 1 is 1.20 bits per heavy atom. The Morgan fingerprint density at radius 2 is 1.95 bits per heavy atom. The van der Waals surface area contributed by atoms with Crippen LogP contribution in [0.15, 0.2) is 24.3 Å². The van der Waals surface area contributed by atoms with Crippen molar-refractivity contribution in [2.75, 3.05) is 19.8 Å². The lowest BCUT2D eigenvalue weighted by molar-refractivity contribution is 0.136. The molecule has 1 aliphatic carbocycles. The first-order valence-electron chi connectivity index (χ1n) is 7.91. The van der Waals surface area contributed by atoms with Gasteiger partial charge in [-0.1, -0.05) is 19.1 Å². The van der Waals surface area contributed by atoms with E-state index in [0.717, 1.165) is 38.3 Å². The van der Waals surface area contributed by atoms with E-state index >= 15 is 0 Å². The standard InChI is InChI=1S/C17H27NO2/c1-3-12-18-17(11-13-19-4-2)14-5-7-15(8-6-14)20-16-9-10-16/h5-8,16-18H,3-4,9-13H2,1-2H3. The highest BCUT2D eigenvalue weighted by atomic mass is 16.5. The molecule has 0 aromatic heterocycles. The van der Waals surface area contributed by atoms with E-state index in [1.807, 2.05) is 6.92 Å². The summed E-state index contributed by atoms with van der Waals surface area (Å²) in [5.74, 6) is 0.996. The molecule has 20 heavy (non-hydrogen) atoms. The summed E-state index contributed by atoms with van der Waals surface area (Å²) in [5, 5.41) is 3.60. The molecule has 1 aromatic rings. The number of benzene rings is 1. The first kappa shape index (κ1) is 15.3. The quantitative estimate of drug-likeness (QED) is 0.662.